The Balaban J connectivity index is 0.000000235. The van der Waals surface area contributed by atoms with E-state index in [1.54, 1.807) is 31.4 Å². The minimum atomic E-state index is -1.94. The molecule has 0 bridgehead atoms. The maximum atomic E-state index is 9.05. The van der Waals surface area contributed by atoms with Crippen LogP contribution in [0.5, 0.6) is 0 Å². The van der Waals surface area contributed by atoms with Gasteiger partial charge < -0.3 is 4.57 Å². The van der Waals surface area contributed by atoms with Crippen molar-refractivity contribution >= 4 is 83.9 Å². The number of imidazole rings is 1. The Morgan fingerprint density at radius 1 is 0.687 bits per heavy atom. The van der Waals surface area contributed by atoms with E-state index in [9.17, 15) is 0 Å². The van der Waals surface area contributed by atoms with E-state index in [-0.39, 0.29) is 20.1 Å². The zero-order chi connectivity index (χ0) is 49.8. The van der Waals surface area contributed by atoms with Crippen molar-refractivity contribution < 1.29 is 28.3 Å². The first-order valence-corrected chi connectivity index (χ1v) is 24.8. The van der Waals surface area contributed by atoms with Crippen LogP contribution in [-0.4, -0.2) is 30.0 Å². The van der Waals surface area contributed by atoms with Gasteiger partial charge in [0.2, 0.25) is 0 Å². The summed E-state index contributed by atoms with van der Waals surface area (Å²) in [7, 11) is 0. The zero-order valence-corrected chi connectivity index (χ0v) is 41.9. The topological polar surface area (TPSA) is 30.7 Å². The molecule has 12 rings (SSSR count). The number of hydrogen-bond donors (Lipinski definition) is 0. The molecule has 0 unspecified atom stereocenters. The normalized spacial score (nSPS) is 13.2. The average molecular weight is 1120 g/mol. The van der Waals surface area contributed by atoms with Crippen molar-refractivity contribution in [3.8, 4) is 39.5 Å². The molecule has 0 aliphatic rings. The number of rotatable bonds is 8. The van der Waals surface area contributed by atoms with Gasteiger partial charge in [0.1, 0.15) is 0 Å². The van der Waals surface area contributed by atoms with Gasteiger partial charge in [-0.15, -0.1) is 18.2 Å². The Hall–Kier alpha value is -6.47. The van der Waals surface area contributed by atoms with Gasteiger partial charge in [-0.25, -0.2) is 0 Å². The van der Waals surface area contributed by atoms with Gasteiger partial charge in [-0.2, -0.15) is 11.3 Å². The molecule has 0 aliphatic heterocycles. The predicted molar refractivity (Wildman–Crippen MR) is 282 cm³/mol. The van der Waals surface area contributed by atoms with E-state index < -0.39 is 33.4 Å². The monoisotopic (exact) mass is 1120 g/mol. The van der Waals surface area contributed by atoms with Gasteiger partial charge in [0.25, 0.3) is 0 Å². The van der Waals surface area contributed by atoms with Crippen molar-refractivity contribution in [2.24, 2.45) is 0 Å². The van der Waals surface area contributed by atoms with E-state index in [0.717, 1.165) is 102 Å². The van der Waals surface area contributed by atoms with Crippen molar-refractivity contribution in [1.29, 1.82) is 0 Å². The molecule has 0 saturated heterocycles. The summed E-state index contributed by atoms with van der Waals surface area (Å²) in [5.74, 6) is -0.0248. The molecule has 3 heterocycles. The molecule has 0 aliphatic carbocycles. The predicted octanol–water partition coefficient (Wildman–Crippen LogP) is 15.5. The molecule has 325 valence electrons. The number of aromatic nitrogens is 3. The van der Waals surface area contributed by atoms with E-state index in [1.807, 2.05) is 78.9 Å². The van der Waals surface area contributed by atoms with Crippen LogP contribution in [0.25, 0.3) is 92.2 Å². The van der Waals surface area contributed by atoms with Gasteiger partial charge in [-0.3, -0.25) is 4.98 Å². The van der Waals surface area contributed by atoms with Gasteiger partial charge in [-0.05, 0) is 56.1 Å². The van der Waals surface area contributed by atoms with Crippen LogP contribution >= 0.6 is 11.3 Å². The molecule has 3 nitrogen and oxygen atoms in total. The molecule has 3 aromatic heterocycles. The van der Waals surface area contributed by atoms with Gasteiger partial charge in [0.15, 0.2) is 0 Å². The number of benzene rings is 9. The van der Waals surface area contributed by atoms with Crippen molar-refractivity contribution in [1.82, 2.24) is 14.5 Å². The average Bonchev–Trinajstić information content (AvgIpc) is 3.97. The third-order valence-corrected chi connectivity index (χ3v) is 14.6. The standard InChI is InChI=1S/C46H29N2S.C15H16GeN.Ir/c1-3-12-30(13-4-1)28-31-22-25-38-39-20-11-21-40(45(39)49-42(38)29-31)46-47-43-35-18-9-7-16-33(35)24-27-41(43)48(46)44-36-19-10-8-17-34(36)23-26-37(44)32-14-5-2-6-15-32;1-11(2)13-9-15(17-10-14(13)16-3)12-7-5-4-6-8-12;/h1-20,22-27,29H,28H2;4-7,9-11H,1-3H3;/q2*-1;/i28D2;3D3,11D;. The molecule has 12 aromatic rings. The molecule has 0 spiro atoms. The Kier molecular flexibility index (Phi) is 10.9. The Bertz CT molecular complexity index is 3970. The van der Waals surface area contributed by atoms with E-state index in [2.05, 4.69) is 137 Å². The van der Waals surface area contributed by atoms with E-state index in [4.69, 9.17) is 13.2 Å². The maximum Gasteiger partial charge on any atom is 0 e. The second-order valence-corrected chi connectivity index (χ2v) is 19.1. The summed E-state index contributed by atoms with van der Waals surface area (Å²) >= 11 is 0.348. The third kappa shape index (κ3) is 8.58. The number of fused-ring (bicyclic) bond motifs is 7. The Morgan fingerprint density at radius 3 is 2.19 bits per heavy atom. The second-order valence-electron chi connectivity index (χ2n) is 16.4. The van der Waals surface area contributed by atoms with Gasteiger partial charge in [-0.1, -0.05) is 150 Å². The first-order chi connectivity index (χ1) is 34.7. The van der Waals surface area contributed by atoms with Crippen LogP contribution in [-0.2, 0) is 26.5 Å². The van der Waals surface area contributed by atoms with Crippen molar-refractivity contribution in [3.63, 3.8) is 0 Å². The van der Waals surface area contributed by atoms with E-state index in [0.29, 0.717) is 11.1 Å². The summed E-state index contributed by atoms with van der Waals surface area (Å²) in [6, 6.07) is 72.1. The molecule has 6 heteroatoms. The SMILES string of the molecule is [2H]C([2H])(c1ccccc1)c1ccc2c(c1)sc1c(-c3nc4c5ccccc5ccc4n3-c3c(-c4ccccc4)ccc4ccccc34)[c-]ccc12.[2H][C]([2H])([2H])[Ge][c]1cnc(-c2[c-]cccc2)cc1C([2H])(C)C.[Ir]. The summed E-state index contributed by atoms with van der Waals surface area (Å²) in [5, 5.41) is 6.76. The first kappa shape index (κ1) is 37.6. The fraction of sp³-hybridized carbons (Fsp3) is 0.0820. The molecule has 9 aromatic carbocycles. The number of pyridine rings is 1. The van der Waals surface area contributed by atoms with E-state index >= 15 is 0 Å². The third-order valence-electron chi connectivity index (χ3n) is 12.0. The van der Waals surface area contributed by atoms with Crippen LogP contribution in [0.1, 0.15) is 44.7 Å². The second kappa shape index (κ2) is 19.4. The molecule has 3 radical (unpaired) electrons. The van der Waals surface area contributed by atoms with Gasteiger partial charge >= 0.3 is 115 Å². The molecule has 0 amide bonds. The largest absolute Gasteiger partial charge is 0 e. The zero-order valence-electron chi connectivity index (χ0n) is 42.6. The quantitative estimate of drug-likeness (QED) is 0.112. The van der Waals surface area contributed by atoms with Crippen LogP contribution < -0.4 is 4.40 Å². The molecular formula is C61H45GeIrN3S-2. The summed E-state index contributed by atoms with van der Waals surface area (Å²) < 4.78 is 54.0. The Labute approximate surface area is 424 Å². The number of nitrogens with zero attached hydrogens (tertiary/aromatic N) is 3. The smallest absolute Gasteiger partial charge is 0 e. The van der Waals surface area contributed by atoms with Gasteiger partial charge in [0, 0.05) is 43.9 Å². The first-order valence-electron chi connectivity index (χ1n) is 24.9. The fourth-order valence-electron chi connectivity index (χ4n) is 8.89. The molecule has 0 N–H and O–H groups in total. The molecule has 67 heavy (non-hydrogen) atoms. The van der Waals surface area contributed by atoms with Crippen molar-refractivity contribution in [2.75, 3.05) is 0 Å². The minimum Gasteiger partial charge on any atom is 0 e. The minimum absolute atomic E-state index is 0. The van der Waals surface area contributed by atoms with Crippen LogP contribution in [0.4, 0.5) is 0 Å². The maximum absolute atomic E-state index is 9.05. The van der Waals surface area contributed by atoms with E-state index in [1.165, 1.54) is 0 Å². The van der Waals surface area contributed by atoms with Crippen molar-refractivity contribution in [2.45, 2.75) is 31.8 Å². The van der Waals surface area contributed by atoms with Crippen LogP contribution in [0.2, 0.25) is 5.68 Å². The summed E-state index contributed by atoms with van der Waals surface area (Å²) in [4.78, 5) is 9.90. The summed E-state index contributed by atoms with van der Waals surface area (Å²) in [6.07, 6.45) is 0.00594. The number of thiophene rings is 1. The Morgan fingerprint density at radius 2 is 1.42 bits per heavy atom. The summed E-state index contributed by atoms with van der Waals surface area (Å²) in [5.41, 5.74) is 7.91. The fourth-order valence-corrected chi connectivity index (χ4v) is 11.4. The van der Waals surface area contributed by atoms with Gasteiger partial charge in [0.05, 0.1) is 22.5 Å². The van der Waals surface area contributed by atoms with Crippen LogP contribution in [0, 0.1) is 12.1 Å². The van der Waals surface area contributed by atoms with Crippen molar-refractivity contribution in [3.05, 3.63) is 229 Å². The molecular weight excluding hydrogens is 1070 g/mol. The summed E-state index contributed by atoms with van der Waals surface area (Å²) in [6.45, 7) is 3.55. The molecule has 0 atom stereocenters. The van der Waals surface area contributed by atoms with Crippen LogP contribution in [0.3, 0.4) is 0 Å². The molecule has 0 saturated carbocycles. The van der Waals surface area contributed by atoms with Crippen LogP contribution in [0.15, 0.2) is 200 Å². The number of hydrogen-bond acceptors (Lipinski definition) is 3. The molecule has 0 fully saturated rings.